The molecule has 1 atom stereocenters. The lowest BCUT2D eigenvalue weighted by Crippen LogP contribution is -2.21. The largest absolute Gasteiger partial charge is 0.381 e. The van der Waals surface area contributed by atoms with E-state index in [9.17, 15) is 0 Å². The SMILES string of the molecule is COC(C)Cc1ncc(C)c(CNCC(C)C)n1. The van der Waals surface area contributed by atoms with Crippen LogP contribution in [0.2, 0.25) is 0 Å². The Kier molecular flexibility index (Phi) is 6.22. The van der Waals surface area contributed by atoms with Crippen molar-refractivity contribution in [2.45, 2.75) is 46.8 Å². The van der Waals surface area contributed by atoms with Crippen molar-refractivity contribution < 1.29 is 4.74 Å². The molecule has 0 fully saturated rings. The molecule has 1 rings (SSSR count). The maximum atomic E-state index is 5.24. The van der Waals surface area contributed by atoms with Gasteiger partial charge in [-0.15, -0.1) is 0 Å². The summed E-state index contributed by atoms with van der Waals surface area (Å²) in [5, 5.41) is 3.41. The van der Waals surface area contributed by atoms with Crippen LogP contribution in [0.3, 0.4) is 0 Å². The first-order chi connectivity index (χ1) is 8.52. The molecule has 1 unspecified atom stereocenters. The van der Waals surface area contributed by atoms with Gasteiger partial charge in [-0.05, 0) is 31.9 Å². The molecule has 4 heteroatoms. The number of hydrogen-bond acceptors (Lipinski definition) is 4. The highest BCUT2D eigenvalue weighted by Crippen LogP contribution is 2.06. The van der Waals surface area contributed by atoms with Crippen LogP contribution in [-0.2, 0) is 17.7 Å². The summed E-state index contributed by atoms with van der Waals surface area (Å²) in [7, 11) is 1.71. The second-order valence-electron chi connectivity index (χ2n) is 5.19. The predicted octanol–water partition coefficient (Wildman–Crippen LogP) is 2.11. The highest BCUT2D eigenvalue weighted by Gasteiger charge is 2.07. The second kappa shape index (κ2) is 7.44. The molecule has 0 aromatic carbocycles. The summed E-state index contributed by atoms with van der Waals surface area (Å²) >= 11 is 0. The fourth-order valence-electron chi connectivity index (χ4n) is 1.62. The van der Waals surface area contributed by atoms with Crippen molar-refractivity contribution in [1.29, 1.82) is 0 Å². The number of aromatic nitrogens is 2. The lowest BCUT2D eigenvalue weighted by atomic mass is 10.2. The molecule has 0 bridgehead atoms. The normalized spacial score (nSPS) is 13.0. The molecule has 0 amide bonds. The number of ether oxygens (including phenoxy) is 1. The molecule has 18 heavy (non-hydrogen) atoms. The fourth-order valence-corrected chi connectivity index (χ4v) is 1.62. The Labute approximate surface area is 110 Å². The van der Waals surface area contributed by atoms with Crippen molar-refractivity contribution in [3.05, 3.63) is 23.3 Å². The van der Waals surface area contributed by atoms with Crippen LogP contribution in [0.5, 0.6) is 0 Å². The molecule has 0 spiro atoms. The van der Waals surface area contributed by atoms with Gasteiger partial charge in [-0.2, -0.15) is 0 Å². The van der Waals surface area contributed by atoms with Crippen LogP contribution in [0.25, 0.3) is 0 Å². The summed E-state index contributed by atoms with van der Waals surface area (Å²) < 4.78 is 5.24. The number of nitrogens with zero attached hydrogens (tertiary/aromatic N) is 2. The van der Waals surface area contributed by atoms with Crippen LogP contribution >= 0.6 is 0 Å². The van der Waals surface area contributed by atoms with Crippen molar-refractivity contribution in [3.63, 3.8) is 0 Å². The van der Waals surface area contributed by atoms with E-state index in [1.165, 1.54) is 0 Å². The van der Waals surface area contributed by atoms with Gasteiger partial charge in [-0.3, -0.25) is 0 Å². The minimum absolute atomic E-state index is 0.157. The van der Waals surface area contributed by atoms with Crippen LogP contribution < -0.4 is 5.32 Å². The Hall–Kier alpha value is -1.00. The van der Waals surface area contributed by atoms with Crippen molar-refractivity contribution in [1.82, 2.24) is 15.3 Å². The van der Waals surface area contributed by atoms with E-state index in [1.807, 2.05) is 13.1 Å². The minimum Gasteiger partial charge on any atom is -0.381 e. The standard InChI is InChI=1S/C14H25N3O/c1-10(2)7-15-9-13-11(3)8-16-14(17-13)6-12(4)18-5/h8,10,12,15H,6-7,9H2,1-5H3. The van der Waals surface area contributed by atoms with Gasteiger partial charge >= 0.3 is 0 Å². The van der Waals surface area contributed by atoms with Crippen molar-refractivity contribution in [2.24, 2.45) is 5.92 Å². The molecule has 0 radical (unpaired) electrons. The van der Waals surface area contributed by atoms with Crippen LogP contribution in [0.1, 0.15) is 37.9 Å². The Morgan fingerprint density at radius 2 is 2.06 bits per heavy atom. The van der Waals surface area contributed by atoms with Crippen LogP contribution in [-0.4, -0.2) is 29.7 Å². The zero-order chi connectivity index (χ0) is 13.5. The third-order valence-electron chi connectivity index (χ3n) is 2.84. The first-order valence-electron chi connectivity index (χ1n) is 6.57. The average Bonchev–Trinajstić information content (AvgIpc) is 2.32. The quantitative estimate of drug-likeness (QED) is 0.806. The second-order valence-corrected chi connectivity index (χ2v) is 5.19. The van der Waals surface area contributed by atoms with E-state index in [0.717, 1.165) is 36.6 Å². The van der Waals surface area contributed by atoms with Crippen molar-refractivity contribution in [2.75, 3.05) is 13.7 Å². The van der Waals surface area contributed by atoms with Gasteiger partial charge < -0.3 is 10.1 Å². The highest BCUT2D eigenvalue weighted by molar-refractivity contribution is 5.15. The third kappa shape index (κ3) is 5.10. The molecular weight excluding hydrogens is 226 g/mol. The van der Waals surface area contributed by atoms with Gasteiger partial charge in [0, 0.05) is 26.3 Å². The fraction of sp³-hybridized carbons (Fsp3) is 0.714. The van der Waals surface area contributed by atoms with Gasteiger partial charge in [0.25, 0.3) is 0 Å². The number of aryl methyl sites for hydroxylation is 1. The minimum atomic E-state index is 0.157. The number of methoxy groups -OCH3 is 1. The van der Waals surface area contributed by atoms with Gasteiger partial charge in [0.15, 0.2) is 0 Å². The lowest BCUT2D eigenvalue weighted by Gasteiger charge is -2.12. The molecule has 0 saturated carbocycles. The molecular formula is C14H25N3O. The first kappa shape index (κ1) is 15.1. The molecule has 4 nitrogen and oxygen atoms in total. The summed E-state index contributed by atoms with van der Waals surface area (Å²) in [6.07, 6.45) is 2.81. The van der Waals surface area contributed by atoms with E-state index in [1.54, 1.807) is 7.11 Å². The number of nitrogens with one attached hydrogen (secondary N) is 1. The first-order valence-corrected chi connectivity index (χ1v) is 6.57. The highest BCUT2D eigenvalue weighted by atomic mass is 16.5. The molecule has 0 aliphatic heterocycles. The van der Waals surface area contributed by atoms with Crippen molar-refractivity contribution >= 4 is 0 Å². The molecule has 1 heterocycles. The monoisotopic (exact) mass is 251 g/mol. The van der Waals surface area contributed by atoms with Gasteiger partial charge in [0.2, 0.25) is 0 Å². The van der Waals surface area contributed by atoms with E-state index in [0.29, 0.717) is 5.92 Å². The van der Waals surface area contributed by atoms with Gasteiger partial charge in [-0.25, -0.2) is 9.97 Å². The zero-order valence-electron chi connectivity index (χ0n) is 12.2. The molecule has 1 N–H and O–H groups in total. The maximum absolute atomic E-state index is 5.24. The smallest absolute Gasteiger partial charge is 0.131 e. The Morgan fingerprint density at radius 3 is 2.67 bits per heavy atom. The van der Waals surface area contributed by atoms with E-state index in [4.69, 9.17) is 4.74 Å². The predicted molar refractivity (Wildman–Crippen MR) is 73.5 cm³/mol. The number of rotatable bonds is 7. The summed E-state index contributed by atoms with van der Waals surface area (Å²) in [5.74, 6) is 1.51. The average molecular weight is 251 g/mol. The molecule has 102 valence electrons. The van der Waals surface area contributed by atoms with Gasteiger partial charge in [0.05, 0.1) is 11.8 Å². The molecule has 0 saturated heterocycles. The topological polar surface area (TPSA) is 47.0 Å². The van der Waals surface area contributed by atoms with Crippen LogP contribution in [0.15, 0.2) is 6.20 Å². The van der Waals surface area contributed by atoms with Gasteiger partial charge in [0.1, 0.15) is 5.82 Å². The van der Waals surface area contributed by atoms with E-state index >= 15 is 0 Å². The Bertz CT molecular complexity index is 366. The summed E-state index contributed by atoms with van der Waals surface area (Å²) in [6, 6.07) is 0. The maximum Gasteiger partial charge on any atom is 0.131 e. The van der Waals surface area contributed by atoms with E-state index in [2.05, 4.69) is 36.1 Å². The van der Waals surface area contributed by atoms with Crippen LogP contribution in [0, 0.1) is 12.8 Å². The van der Waals surface area contributed by atoms with E-state index in [-0.39, 0.29) is 6.10 Å². The van der Waals surface area contributed by atoms with Gasteiger partial charge in [-0.1, -0.05) is 13.8 Å². The summed E-state index contributed by atoms with van der Waals surface area (Å²) in [6.45, 7) is 10.3. The van der Waals surface area contributed by atoms with Crippen molar-refractivity contribution in [3.8, 4) is 0 Å². The Morgan fingerprint density at radius 1 is 1.33 bits per heavy atom. The number of hydrogen-bond donors (Lipinski definition) is 1. The molecule has 0 aliphatic carbocycles. The lowest BCUT2D eigenvalue weighted by molar-refractivity contribution is 0.117. The Balaban J connectivity index is 2.63. The van der Waals surface area contributed by atoms with Crippen LogP contribution in [0.4, 0.5) is 0 Å². The molecule has 1 aromatic heterocycles. The molecule has 1 aromatic rings. The van der Waals surface area contributed by atoms with E-state index < -0.39 is 0 Å². The molecule has 0 aliphatic rings. The third-order valence-corrected chi connectivity index (χ3v) is 2.84. The summed E-state index contributed by atoms with van der Waals surface area (Å²) in [5.41, 5.74) is 2.23. The summed E-state index contributed by atoms with van der Waals surface area (Å²) in [4.78, 5) is 8.95. The zero-order valence-corrected chi connectivity index (χ0v) is 12.2.